The number of nitrogens with zero attached hydrogens (tertiary/aromatic N) is 1. The summed E-state index contributed by atoms with van der Waals surface area (Å²) in [4.78, 5) is 15.3. The highest BCUT2D eigenvalue weighted by atomic mass is 16.5. The van der Waals surface area contributed by atoms with Crippen molar-refractivity contribution in [3.05, 3.63) is 59.2 Å². The number of carbonyl (C=O) groups excluding carboxylic acids is 1. The van der Waals surface area contributed by atoms with Crippen molar-refractivity contribution in [2.75, 3.05) is 27.3 Å². The maximum atomic E-state index is 12.8. The van der Waals surface area contributed by atoms with E-state index in [1.807, 2.05) is 25.1 Å². The van der Waals surface area contributed by atoms with E-state index >= 15 is 0 Å². The highest BCUT2D eigenvalue weighted by Crippen LogP contribution is 2.30. The first kappa shape index (κ1) is 21.2. The van der Waals surface area contributed by atoms with E-state index in [0.717, 1.165) is 49.5 Å². The van der Waals surface area contributed by atoms with Gasteiger partial charge in [-0.2, -0.15) is 0 Å². The number of aryl methyl sites for hydroxylation is 1. The molecule has 0 bridgehead atoms. The van der Waals surface area contributed by atoms with Crippen LogP contribution < -0.4 is 14.8 Å². The minimum atomic E-state index is -0.141. The van der Waals surface area contributed by atoms with Crippen LogP contribution >= 0.6 is 0 Å². The first-order valence-electron chi connectivity index (χ1n) is 10.3. The molecule has 2 aromatic rings. The molecule has 0 aliphatic carbocycles. The van der Waals surface area contributed by atoms with Gasteiger partial charge in [-0.25, -0.2) is 0 Å². The summed E-state index contributed by atoms with van der Waals surface area (Å²) in [5.74, 6) is 1.69. The van der Waals surface area contributed by atoms with Crippen LogP contribution in [0.15, 0.2) is 42.5 Å². The van der Waals surface area contributed by atoms with Crippen molar-refractivity contribution in [1.29, 1.82) is 0 Å². The predicted molar refractivity (Wildman–Crippen MR) is 115 cm³/mol. The average Bonchev–Trinajstić information content (AvgIpc) is 2.73. The molecule has 0 aromatic heterocycles. The fraction of sp³-hybridized carbons (Fsp3) is 0.458. The summed E-state index contributed by atoms with van der Waals surface area (Å²) in [6.45, 7) is 6.96. The maximum Gasteiger partial charge on any atom is 0.223 e. The van der Waals surface area contributed by atoms with E-state index in [0.29, 0.717) is 0 Å². The van der Waals surface area contributed by atoms with Gasteiger partial charge in [0.15, 0.2) is 0 Å². The van der Waals surface area contributed by atoms with Gasteiger partial charge in [-0.15, -0.1) is 0 Å². The Labute approximate surface area is 174 Å². The van der Waals surface area contributed by atoms with Crippen LogP contribution in [0.1, 0.15) is 42.5 Å². The van der Waals surface area contributed by atoms with Gasteiger partial charge in [0, 0.05) is 18.0 Å². The lowest BCUT2D eigenvalue weighted by Gasteiger charge is -2.32. The van der Waals surface area contributed by atoms with Gasteiger partial charge in [0.2, 0.25) is 5.91 Å². The summed E-state index contributed by atoms with van der Waals surface area (Å²) in [5.41, 5.74) is 3.56. The number of hydrogen-bond donors (Lipinski definition) is 1. The molecule has 3 rings (SSSR count). The minimum Gasteiger partial charge on any atom is -0.497 e. The lowest BCUT2D eigenvalue weighted by Crippen LogP contribution is -2.41. The smallest absolute Gasteiger partial charge is 0.223 e. The Bertz CT molecular complexity index is 829. The van der Waals surface area contributed by atoms with E-state index in [4.69, 9.17) is 9.47 Å². The van der Waals surface area contributed by atoms with Gasteiger partial charge in [0.1, 0.15) is 11.5 Å². The largest absolute Gasteiger partial charge is 0.497 e. The van der Waals surface area contributed by atoms with Crippen LogP contribution in [0, 0.1) is 12.8 Å². The monoisotopic (exact) mass is 396 g/mol. The summed E-state index contributed by atoms with van der Waals surface area (Å²) < 4.78 is 10.8. The third kappa shape index (κ3) is 5.51. The molecular weight excluding hydrogens is 364 g/mol. The summed E-state index contributed by atoms with van der Waals surface area (Å²) in [6, 6.07) is 14.2. The Morgan fingerprint density at radius 1 is 1.14 bits per heavy atom. The minimum absolute atomic E-state index is 0.0582. The molecule has 1 aliphatic heterocycles. The first-order valence-corrected chi connectivity index (χ1v) is 10.3. The topological polar surface area (TPSA) is 50.8 Å². The van der Waals surface area contributed by atoms with Gasteiger partial charge in [-0.1, -0.05) is 29.8 Å². The molecule has 5 nitrogen and oxygen atoms in total. The van der Waals surface area contributed by atoms with Crippen LogP contribution in [-0.4, -0.2) is 38.1 Å². The number of amides is 1. The summed E-state index contributed by atoms with van der Waals surface area (Å²) in [7, 11) is 3.28. The van der Waals surface area contributed by atoms with E-state index in [9.17, 15) is 4.79 Å². The molecule has 5 heteroatoms. The van der Waals surface area contributed by atoms with E-state index in [-0.39, 0.29) is 17.9 Å². The van der Waals surface area contributed by atoms with Crippen molar-refractivity contribution in [3.8, 4) is 11.5 Å². The molecule has 1 aliphatic rings. The lowest BCUT2D eigenvalue weighted by atomic mass is 9.94. The van der Waals surface area contributed by atoms with Crippen molar-refractivity contribution < 1.29 is 14.3 Å². The Kier molecular flexibility index (Phi) is 7.15. The van der Waals surface area contributed by atoms with E-state index in [1.54, 1.807) is 14.2 Å². The van der Waals surface area contributed by atoms with Gasteiger partial charge >= 0.3 is 0 Å². The molecule has 1 N–H and O–H groups in total. The zero-order chi connectivity index (χ0) is 20.8. The highest BCUT2D eigenvalue weighted by Gasteiger charge is 2.26. The number of rotatable bonds is 7. The van der Waals surface area contributed by atoms with E-state index < -0.39 is 0 Å². The SMILES string of the molecule is COc1ccc(OC)c(C(C)NC(=O)C2CCN(Cc3cccc(C)c3)CC2)c1. The molecule has 0 radical (unpaired) electrons. The molecular formula is C24H32N2O3. The maximum absolute atomic E-state index is 12.8. The summed E-state index contributed by atoms with van der Waals surface area (Å²) >= 11 is 0. The third-order valence-electron chi connectivity index (χ3n) is 5.71. The number of hydrogen-bond acceptors (Lipinski definition) is 4. The van der Waals surface area contributed by atoms with Gasteiger partial charge in [-0.3, -0.25) is 9.69 Å². The molecule has 156 valence electrons. The van der Waals surface area contributed by atoms with Crippen molar-refractivity contribution >= 4 is 5.91 Å². The van der Waals surface area contributed by atoms with Crippen molar-refractivity contribution in [2.24, 2.45) is 5.92 Å². The Morgan fingerprint density at radius 2 is 1.90 bits per heavy atom. The Balaban J connectivity index is 1.54. The normalized spacial score (nSPS) is 16.3. The van der Waals surface area contributed by atoms with Gasteiger partial charge < -0.3 is 14.8 Å². The summed E-state index contributed by atoms with van der Waals surface area (Å²) in [6.07, 6.45) is 1.78. The quantitative estimate of drug-likeness (QED) is 0.765. The molecule has 2 aromatic carbocycles. The van der Waals surface area contributed by atoms with Crippen LogP contribution in [0.3, 0.4) is 0 Å². The first-order chi connectivity index (χ1) is 14.0. The number of likely N-dealkylation sites (tertiary alicyclic amines) is 1. The molecule has 1 unspecified atom stereocenters. The second kappa shape index (κ2) is 9.79. The van der Waals surface area contributed by atoms with Crippen LogP contribution in [0.2, 0.25) is 0 Å². The van der Waals surface area contributed by atoms with Crippen LogP contribution in [0.25, 0.3) is 0 Å². The number of carbonyl (C=O) groups is 1. The highest BCUT2D eigenvalue weighted by molar-refractivity contribution is 5.79. The van der Waals surface area contributed by atoms with Crippen molar-refractivity contribution in [1.82, 2.24) is 10.2 Å². The number of benzene rings is 2. The molecule has 1 atom stereocenters. The molecule has 1 heterocycles. The molecule has 1 amide bonds. The zero-order valence-corrected chi connectivity index (χ0v) is 17.9. The molecule has 0 spiro atoms. The van der Waals surface area contributed by atoms with Crippen molar-refractivity contribution in [2.45, 2.75) is 39.3 Å². The van der Waals surface area contributed by atoms with Gasteiger partial charge in [-0.05, 0) is 63.5 Å². The fourth-order valence-electron chi connectivity index (χ4n) is 4.01. The number of piperidine rings is 1. The fourth-order valence-corrected chi connectivity index (χ4v) is 4.01. The molecule has 1 fully saturated rings. The second-order valence-electron chi connectivity index (χ2n) is 7.88. The number of ether oxygens (including phenoxy) is 2. The number of methoxy groups -OCH3 is 2. The van der Waals surface area contributed by atoms with Gasteiger partial charge in [0.05, 0.1) is 20.3 Å². The average molecular weight is 397 g/mol. The van der Waals surface area contributed by atoms with Crippen LogP contribution in [0.5, 0.6) is 11.5 Å². The third-order valence-corrected chi connectivity index (χ3v) is 5.71. The van der Waals surface area contributed by atoms with E-state index in [2.05, 4.69) is 41.4 Å². The standard InChI is InChI=1S/C24H32N2O3/c1-17-6-5-7-19(14-17)16-26-12-10-20(11-13-26)24(27)25-18(2)22-15-21(28-3)8-9-23(22)29-4/h5-9,14-15,18,20H,10-13,16H2,1-4H3,(H,25,27). The number of nitrogens with one attached hydrogen (secondary N) is 1. The summed E-state index contributed by atoms with van der Waals surface area (Å²) in [5, 5.41) is 3.17. The molecule has 0 saturated carbocycles. The Hall–Kier alpha value is -2.53. The molecule has 1 saturated heterocycles. The van der Waals surface area contributed by atoms with Gasteiger partial charge in [0.25, 0.3) is 0 Å². The van der Waals surface area contributed by atoms with E-state index in [1.165, 1.54) is 11.1 Å². The van der Waals surface area contributed by atoms with Crippen LogP contribution in [0.4, 0.5) is 0 Å². The second-order valence-corrected chi connectivity index (χ2v) is 7.88. The molecule has 29 heavy (non-hydrogen) atoms. The predicted octanol–water partition coefficient (Wildman–Crippen LogP) is 4.10. The van der Waals surface area contributed by atoms with Crippen LogP contribution in [-0.2, 0) is 11.3 Å². The van der Waals surface area contributed by atoms with Crippen molar-refractivity contribution in [3.63, 3.8) is 0 Å². The lowest BCUT2D eigenvalue weighted by molar-refractivity contribution is -0.127. The Morgan fingerprint density at radius 3 is 2.55 bits per heavy atom. The zero-order valence-electron chi connectivity index (χ0n) is 17.9.